The summed E-state index contributed by atoms with van der Waals surface area (Å²) in [6.07, 6.45) is -0.469. The number of urea groups is 1. The zero-order valence-electron chi connectivity index (χ0n) is 12.8. The number of carboxylic acid groups (broad SMARTS) is 2. The standard InChI is InChI=1S/C15H19IN2O5S/c16-11-3-1-10(2-4-11)9-24-8-7-17-15(23)18-12(14(21)22)5-6-13(19)20/h1-4,12H,5-9H2,(H,19,20)(H,21,22)(H2,17,18,23)/t12-/m0/s1. The Morgan fingerprint density at radius 1 is 1.17 bits per heavy atom. The summed E-state index contributed by atoms with van der Waals surface area (Å²) < 4.78 is 1.18. The van der Waals surface area contributed by atoms with Gasteiger partial charge in [-0.15, -0.1) is 0 Å². The van der Waals surface area contributed by atoms with Crippen LogP contribution in [0.3, 0.4) is 0 Å². The van der Waals surface area contributed by atoms with E-state index < -0.39 is 24.0 Å². The highest BCUT2D eigenvalue weighted by molar-refractivity contribution is 14.1. The van der Waals surface area contributed by atoms with Crippen LogP contribution >= 0.6 is 34.4 Å². The molecule has 0 saturated carbocycles. The first-order chi connectivity index (χ1) is 11.4. The highest BCUT2D eigenvalue weighted by atomic mass is 127. The Labute approximate surface area is 157 Å². The van der Waals surface area contributed by atoms with Crippen LogP contribution in [0.5, 0.6) is 0 Å². The summed E-state index contributed by atoms with van der Waals surface area (Å²) >= 11 is 3.90. The van der Waals surface area contributed by atoms with Crippen molar-refractivity contribution in [2.45, 2.75) is 24.6 Å². The molecule has 0 aliphatic rings. The number of carbonyl (C=O) groups is 3. The molecule has 0 spiro atoms. The highest BCUT2D eigenvalue weighted by Crippen LogP contribution is 2.13. The average molecular weight is 466 g/mol. The molecule has 0 fully saturated rings. The molecule has 1 rings (SSSR count). The van der Waals surface area contributed by atoms with E-state index >= 15 is 0 Å². The van der Waals surface area contributed by atoms with Crippen molar-refractivity contribution < 1.29 is 24.6 Å². The van der Waals surface area contributed by atoms with Crippen molar-refractivity contribution in [3.8, 4) is 0 Å². The molecule has 0 unspecified atom stereocenters. The smallest absolute Gasteiger partial charge is 0.326 e. The van der Waals surface area contributed by atoms with E-state index in [0.717, 1.165) is 5.75 Å². The van der Waals surface area contributed by atoms with Gasteiger partial charge in [-0.05, 0) is 46.7 Å². The lowest BCUT2D eigenvalue weighted by Crippen LogP contribution is -2.46. The van der Waals surface area contributed by atoms with Gasteiger partial charge in [-0.1, -0.05) is 12.1 Å². The van der Waals surface area contributed by atoms with E-state index in [2.05, 4.69) is 45.4 Å². The van der Waals surface area contributed by atoms with Gasteiger partial charge in [0.25, 0.3) is 0 Å². The fourth-order valence-electron chi connectivity index (χ4n) is 1.74. The van der Waals surface area contributed by atoms with Gasteiger partial charge < -0.3 is 20.8 Å². The van der Waals surface area contributed by atoms with Gasteiger partial charge in [0, 0.05) is 28.0 Å². The third-order valence-electron chi connectivity index (χ3n) is 2.96. The van der Waals surface area contributed by atoms with Crippen LogP contribution in [0.15, 0.2) is 24.3 Å². The van der Waals surface area contributed by atoms with E-state index in [1.165, 1.54) is 9.13 Å². The SMILES string of the molecule is O=C(O)CC[C@H](NC(=O)NCCSCc1ccc(I)cc1)C(=O)O. The van der Waals surface area contributed by atoms with Crippen molar-refractivity contribution in [3.63, 3.8) is 0 Å². The number of hydrogen-bond acceptors (Lipinski definition) is 4. The second-order valence-electron chi connectivity index (χ2n) is 4.90. The van der Waals surface area contributed by atoms with Crippen molar-refractivity contribution in [1.82, 2.24) is 10.6 Å². The number of hydrogen-bond donors (Lipinski definition) is 4. The number of nitrogens with one attached hydrogen (secondary N) is 2. The van der Waals surface area contributed by atoms with Crippen LogP contribution in [-0.2, 0) is 15.3 Å². The molecule has 0 aromatic heterocycles. The Morgan fingerprint density at radius 3 is 2.42 bits per heavy atom. The topological polar surface area (TPSA) is 116 Å². The maximum Gasteiger partial charge on any atom is 0.326 e. The van der Waals surface area contributed by atoms with Crippen molar-refractivity contribution in [1.29, 1.82) is 0 Å². The van der Waals surface area contributed by atoms with Gasteiger partial charge in [0.2, 0.25) is 0 Å². The predicted octanol–water partition coefficient (Wildman–Crippen LogP) is 2.14. The molecule has 0 bridgehead atoms. The third-order valence-corrected chi connectivity index (χ3v) is 4.71. The maximum atomic E-state index is 11.6. The van der Waals surface area contributed by atoms with Crippen LogP contribution in [0.2, 0.25) is 0 Å². The van der Waals surface area contributed by atoms with Gasteiger partial charge in [0.15, 0.2) is 0 Å². The van der Waals surface area contributed by atoms with E-state index in [4.69, 9.17) is 10.2 Å². The number of aliphatic carboxylic acids is 2. The molecule has 1 aromatic rings. The van der Waals surface area contributed by atoms with Crippen LogP contribution in [-0.4, -0.2) is 46.5 Å². The fourth-order valence-corrected chi connectivity index (χ4v) is 2.92. The number of amides is 2. The Balaban J connectivity index is 2.21. The van der Waals surface area contributed by atoms with Gasteiger partial charge in [0.05, 0.1) is 0 Å². The van der Waals surface area contributed by atoms with Gasteiger partial charge in [-0.2, -0.15) is 11.8 Å². The minimum absolute atomic E-state index is 0.153. The molecule has 2 amide bonds. The molecule has 7 nitrogen and oxygen atoms in total. The lowest BCUT2D eigenvalue weighted by atomic mass is 10.1. The summed E-state index contributed by atoms with van der Waals surface area (Å²) in [5, 5.41) is 22.3. The molecule has 0 saturated heterocycles. The van der Waals surface area contributed by atoms with Crippen molar-refractivity contribution in [2.75, 3.05) is 12.3 Å². The van der Waals surface area contributed by atoms with E-state index in [9.17, 15) is 14.4 Å². The number of carboxylic acids is 2. The Kier molecular flexibility index (Phi) is 9.53. The number of halogens is 1. The third kappa shape index (κ3) is 8.96. The molecule has 0 aliphatic carbocycles. The van der Waals surface area contributed by atoms with Gasteiger partial charge >= 0.3 is 18.0 Å². The molecular formula is C15H19IN2O5S. The minimum Gasteiger partial charge on any atom is -0.481 e. The van der Waals surface area contributed by atoms with E-state index in [1.807, 2.05) is 12.1 Å². The van der Waals surface area contributed by atoms with Crippen LogP contribution in [0.4, 0.5) is 4.79 Å². The number of thioether (sulfide) groups is 1. The zero-order valence-corrected chi connectivity index (χ0v) is 15.8. The number of rotatable bonds is 10. The van der Waals surface area contributed by atoms with Crippen molar-refractivity contribution in [3.05, 3.63) is 33.4 Å². The second kappa shape index (κ2) is 11.1. The van der Waals surface area contributed by atoms with Crippen molar-refractivity contribution >= 4 is 52.3 Å². The lowest BCUT2D eigenvalue weighted by Gasteiger charge is -2.14. The average Bonchev–Trinajstić information content (AvgIpc) is 2.52. The Hall–Kier alpha value is -1.49. The Morgan fingerprint density at radius 2 is 1.83 bits per heavy atom. The summed E-state index contributed by atoms with van der Waals surface area (Å²) in [5.74, 6) is -0.835. The molecule has 132 valence electrons. The maximum absolute atomic E-state index is 11.6. The zero-order chi connectivity index (χ0) is 17.9. The molecule has 9 heteroatoms. The molecular weight excluding hydrogens is 447 g/mol. The predicted molar refractivity (Wildman–Crippen MR) is 100 cm³/mol. The first-order valence-corrected chi connectivity index (χ1v) is 9.43. The minimum atomic E-state index is -1.25. The van der Waals surface area contributed by atoms with Crippen LogP contribution in [0, 0.1) is 3.57 Å². The molecule has 1 atom stereocenters. The van der Waals surface area contributed by atoms with Gasteiger partial charge in [-0.3, -0.25) is 4.79 Å². The monoisotopic (exact) mass is 466 g/mol. The summed E-state index contributed by atoms with van der Waals surface area (Å²) in [6.45, 7) is 0.395. The first kappa shape index (κ1) is 20.6. The van der Waals surface area contributed by atoms with Gasteiger partial charge in [0.1, 0.15) is 6.04 Å². The molecule has 4 N–H and O–H groups in total. The molecule has 0 heterocycles. The highest BCUT2D eigenvalue weighted by Gasteiger charge is 2.20. The molecule has 0 aliphatic heterocycles. The van der Waals surface area contributed by atoms with Crippen LogP contribution in [0.1, 0.15) is 18.4 Å². The van der Waals surface area contributed by atoms with E-state index in [-0.39, 0.29) is 12.8 Å². The summed E-state index contributed by atoms with van der Waals surface area (Å²) in [6, 6.07) is 6.35. The van der Waals surface area contributed by atoms with Crippen LogP contribution < -0.4 is 10.6 Å². The quantitative estimate of drug-likeness (QED) is 0.310. The number of benzene rings is 1. The summed E-state index contributed by atoms with van der Waals surface area (Å²) in [5.41, 5.74) is 1.20. The number of carbonyl (C=O) groups excluding carboxylic acids is 1. The second-order valence-corrected chi connectivity index (χ2v) is 7.25. The fraction of sp³-hybridized carbons (Fsp3) is 0.400. The Bertz CT molecular complexity index is 567. The summed E-state index contributed by atoms with van der Waals surface area (Å²) in [7, 11) is 0. The van der Waals surface area contributed by atoms with E-state index in [1.54, 1.807) is 11.8 Å². The largest absolute Gasteiger partial charge is 0.481 e. The molecule has 24 heavy (non-hydrogen) atoms. The molecule has 0 radical (unpaired) electrons. The van der Waals surface area contributed by atoms with Gasteiger partial charge in [-0.25, -0.2) is 9.59 Å². The van der Waals surface area contributed by atoms with E-state index in [0.29, 0.717) is 12.3 Å². The van der Waals surface area contributed by atoms with Crippen molar-refractivity contribution in [2.24, 2.45) is 0 Å². The lowest BCUT2D eigenvalue weighted by molar-refractivity contribution is -0.140. The summed E-state index contributed by atoms with van der Waals surface area (Å²) in [4.78, 5) is 33.1. The van der Waals surface area contributed by atoms with Crippen LogP contribution in [0.25, 0.3) is 0 Å². The molecule has 1 aromatic carbocycles. The first-order valence-electron chi connectivity index (χ1n) is 7.19. The normalized spacial score (nSPS) is 11.5.